The molecule has 0 aromatic carbocycles. The molecule has 0 aliphatic carbocycles. The summed E-state index contributed by atoms with van der Waals surface area (Å²) < 4.78 is 27.3. The van der Waals surface area contributed by atoms with E-state index in [1.807, 2.05) is 20.8 Å². The second-order valence-corrected chi connectivity index (χ2v) is 24.0. The third-order valence-electron chi connectivity index (χ3n) is 8.69. The van der Waals surface area contributed by atoms with Gasteiger partial charge in [-0.3, -0.25) is 0 Å². The van der Waals surface area contributed by atoms with Crippen LogP contribution in [0.1, 0.15) is 89.5 Å². The molecule has 0 spiro atoms. The first kappa shape index (κ1) is 34.5. The Balaban J connectivity index is 3.70. The molecule has 1 heterocycles. The van der Waals surface area contributed by atoms with Gasteiger partial charge < -0.3 is 23.1 Å². The second-order valence-electron chi connectivity index (χ2n) is 14.5. The van der Waals surface area contributed by atoms with E-state index in [4.69, 9.17) is 18.3 Å². The number of carbonyl (C=O) groups is 1. The lowest BCUT2D eigenvalue weighted by Crippen LogP contribution is -2.62. The second kappa shape index (κ2) is 12.3. The fourth-order valence-corrected chi connectivity index (χ4v) is 6.88. The van der Waals surface area contributed by atoms with Crippen LogP contribution in [0.4, 0.5) is 0 Å². The summed E-state index contributed by atoms with van der Waals surface area (Å²) in [4.78, 5) is 12.0. The molecule has 1 saturated heterocycles. The average Bonchev–Trinajstić information content (AvgIpc) is 2.71. The van der Waals surface area contributed by atoms with E-state index in [1.54, 1.807) is 0 Å². The first-order valence-corrected chi connectivity index (χ1v) is 19.8. The molecule has 5 atom stereocenters. The van der Waals surface area contributed by atoms with Crippen LogP contribution in [0.5, 0.6) is 0 Å². The quantitative estimate of drug-likeness (QED) is 0.154. The molecule has 1 aliphatic rings. The largest absolute Gasteiger partial charge is 0.411 e. The molecule has 7 heteroatoms. The normalized spacial score (nSPS) is 26.1. The minimum atomic E-state index is -2.25. The maximum atomic E-state index is 12.0. The van der Waals surface area contributed by atoms with E-state index in [1.165, 1.54) is 5.57 Å². The highest BCUT2D eigenvalue weighted by Crippen LogP contribution is 2.44. The van der Waals surface area contributed by atoms with Crippen molar-refractivity contribution in [2.24, 2.45) is 5.92 Å². The van der Waals surface area contributed by atoms with Gasteiger partial charge in [-0.15, -0.1) is 0 Å². The monoisotopic (exact) mass is 554 g/mol. The van der Waals surface area contributed by atoms with E-state index in [2.05, 4.69) is 101 Å². The van der Waals surface area contributed by atoms with Crippen LogP contribution in [0.15, 0.2) is 23.3 Å². The minimum absolute atomic E-state index is 0.000803. The first-order chi connectivity index (χ1) is 16.5. The summed E-state index contributed by atoms with van der Waals surface area (Å²) in [5.74, 6) is -0.806. The zero-order chi connectivity index (χ0) is 29.2. The van der Waals surface area contributed by atoms with Crippen molar-refractivity contribution >= 4 is 22.9 Å². The molecule has 1 aliphatic heterocycles. The van der Waals surface area contributed by atoms with Gasteiger partial charge in [0.05, 0.1) is 24.4 Å². The molecule has 37 heavy (non-hydrogen) atoms. The van der Waals surface area contributed by atoms with Gasteiger partial charge in [-0.25, -0.2) is 0 Å². The Morgan fingerprint density at radius 1 is 0.946 bits per heavy atom. The van der Waals surface area contributed by atoms with Gasteiger partial charge in [0, 0.05) is 12.3 Å². The van der Waals surface area contributed by atoms with E-state index in [0.717, 1.165) is 11.9 Å². The molecule has 0 saturated carbocycles. The molecule has 0 unspecified atom stereocenters. The number of allylic oxidation sites excluding steroid dienone is 3. The lowest BCUT2D eigenvalue weighted by atomic mass is 9.85. The third kappa shape index (κ3) is 8.97. The maximum Gasteiger partial charge on any atom is 0.192 e. The molecule has 0 radical (unpaired) electrons. The Labute approximate surface area is 231 Å². The van der Waals surface area contributed by atoms with E-state index < -0.39 is 34.6 Å². The van der Waals surface area contributed by atoms with Crippen molar-refractivity contribution in [2.45, 2.75) is 156 Å². The standard InChI is InChI=1S/C30H58O5Si2/c1-17-21(2)20-22(3)25-23(4)26(33-30(11,12)32-25)27(35-37(15,16)29(8,9)10)24(18-19-31)34-36(13,14)28(5,6)7/h17,19-20,23-27H,18H2,1-16H3/b21-17+,22-20+/t23-,24-,25+,26+,27+/m0/s1. The van der Waals surface area contributed by atoms with Crippen LogP contribution >= 0.6 is 0 Å². The smallest absolute Gasteiger partial charge is 0.192 e. The maximum absolute atomic E-state index is 12.0. The third-order valence-corrected chi connectivity index (χ3v) is 17.7. The van der Waals surface area contributed by atoms with Gasteiger partial charge in [0.1, 0.15) is 6.29 Å². The molecule has 0 aromatic heterocycles. The van der Waals surface area contributed by atoms with Crippen LogP contribution in [0.3, 0.4) is 0 Å². The molecule has 0 amide bonds. The summed E-state index contributed by atoms with van der Waals surface area (Å²) in [5.41, 5.74) is 2.36. The Bertz CT molecular complexity index is 830. The summed E-state index contributed by atoms with van der Waals surface area (Å²) >= 11 is 0. The van der Waals surface area contributed by atoms with Gasteiger partial charge in [0.15, 0.2) is 22.4 Å². The van der Waals surface area contributed by atoms with Crippen molar-refractivity contribution < 1.29 is 23.1 Å². The topological polar surface area (TPSA) is 54.0 Å². The lowest BCUT2D eigenvalue weighted by molar-refractivity contribution is -0.327. The molecule has 5 nitrogen and oxygen atoms in total. The number of rotatable bonds is 10. The van der Waals surface area contributed by atoms with Crippen molar-refractivity contribution in [3.8, 4) is 0 Å². The predicted octanol–water partition coefficient (Wildman–Crippen LogP) is 8.42. The summed E-state index contributed by atoms with van der Waals surface area (Å²) in [6.45, 7) is 34.8. The van der Waals surface area contributed by atoms with Crippen molar-refractivity contribution in [3.05, 3.63) is 23.3 Å². The van der Waals surface area contributed by atoms with Crippen LogP contribution in [0.25, 0.3) is 0 Å². The van der Waals surface area contributed by atoms with Crippen LogP contribution in [0, 0.1) is 5.92 Å². The molecule has 1 fully saturated rings. The van der Waals surface area contributed by atoms with Crippen molar-refractivity contribution in [1.29, 1.82) is 0 Å². The molecule has 216 valence electrons. The minimum Gasteiger partial charge on any atom is -0.411 e. The van der Waals surface area contributed by atoms with E-state index in [-0.39, 0.29) is 34.6 Å². The fourth-order valence-electron chi connectivity index (χ4n) is 4.22. The Kier molecular flexibility index (Phi) is 11.5. The van der Waals surface area contributed by atoms with Gasteiger partial charge in [0.2, 0.25) is 0 Å². The zero-order valence-electron chi connectivity index (χ0n) is 26.9. The summed E-state index contributed by atoms with van der Waals surface area (Å²) in [6.07, 6.45) is 4.33. The molecule has 0 N–H and O–H groups in total. The molecular formula is C30H58O5Si2. The number of hydrogen-bond acceptors (Lipinski definition) is 5. The van der Waals surface area contributed by atoms with Gasteiger partial charge >= 0.3 is 0 Å². The van der Waals surface area contributed by atoms with Crippen molar-refractivity contribution in [2.75, 3.05) is 0 Å². The number of aldehydes is 1. The number of carbonyl (C=O) groups excluding carboxylic acids is 1. The predicted molar refractivity (Wildman–Crippen MR) is 161 cm³/mol. The lowest BCUT2D eigenvalue weighted by Gasteiger charge is -2.52. The zero-order valence-corrected chi connectivity index (χ0v) is 28.9. The summed E-state index contributed by atoms with van der Waals surface area (Å²) in [7, 11) is -4.45. The van der Waals surface area contributed by atoms with Crippen LogP contribution < -0.4 is 0 Å². The highest BCUT2D eigenvalue weighted by molar-refractivity contribution is 6.74. The number of hydrogen-bond donors (Lipinski definition) is 0. The van der Waals surface area contributed by atoms with E-state index in [0.29, 0.717) is 0 Å². The van der Waals surface area contributed by atoms with Gasteiger partial charge in [-0.2, -0.15) is 0 Å². The van der Waals surface area contributed by atoms with Crippen LogP contribution in [-0.4, -0.2) is 53.1 Å². The van der Waals surface area contributed by atoms with Gasteiger partial charge in [-0.05, 0) is 76.5 Å². The van der Waals surface area contributed by atoms with Crippen molar-refractivity contribution in [3.63, 3.8) is 0 Å². The van der Waals surface area contributed by atoms with Crippen LogP contribution in [-0.2, 0) is 23.1 Å². The van der Waals surface area contributed by atoms with Gasteiger partial charge in [0.25, 0.3) is 0 Å². The first-order valence-electron chi connectivity index (χ1n) is 14.0. The molecular weight excluding hydrogens is 496 g/mol. The highest BCUT2D eigenvalue weighted by atomic mass is 28.4. The Hall–Kier alpha value is -0.576. The molecule has 1 rings (SSSR count). The van der Waals surface area contributed by atoms with Gasteiger partial charge in [-0.1, -0.05) is 66.2 Å². The average molecular weight is 555 g/mol. The summed E-state index contributed by atoms with van der Waals surface area (Å²) in [5, 5.41) is -0.000911. The fraction of sp³-hybridized carbons (Fsp3) is 0.833. The van der Waals surface area contributed by atoms with Crippen molar-refractivity contribution in [1.82, 2.24) is 0 Å². The number of ether oxygens (including phenoxy) is 2. The SMILES string of the molecule is C/C=C(C)/C=C(\C)[C@H]1OC(C)(C)O[C@@H]([C@H](O[Si](C)(C)C(C)(C)C)[C@H](CC=O)O[Si](C)(C)C(C)(C)C)[C@H]1C. The van der Waals surface area contributed by atoms with E-state index in [9.17, 15) is 4.79 Å². The highest BCUT2D eigenvalue weighted by Gasteiger charge is 2.52. The molecule has 0 aromatic rings. The Morgan fingerprint density at radius 3 is 1.86 bits per heavy atom. The van der Waals surface area contributed by atoms with E-state index >= 15 is 0 Å². The molecule has 0 bridgehead atoms. The Morgan fingerprint density at radius 2 is 1.43 bits per heavy atom. The van der Waals surface area contributed by atoms with Crippen LogP contribution in [0.2, 0.25) is 36.3 Å². The summed E-state index contributed by atoms with van der Waals surface area (Å²) in [6, 6.07) is 0.